The van der Waals surface area contributed by atoms with Crippen LogP contribution in [0.15, 0.2) is 36.5 Å². The maximum atomic E-state index is 11.9. The number of benzene rings is 1. The van der Waals surface area contributed by atoms with E-state index in [2.05, 4.69) is 10.3 Å². The summed E-state index contributed by atoms with van der Waals surface area (Å²) in [6.07, 6.45) is 2.35. The number of aromatic nitrogens is 1. The van der Waals surface area contributed by atoms with Crippen LogP contribution in [0.5, 0.6) is 0 Å². The lowest BCUT2D eigenvalue weighted by Crippen LogP contribution is -2.41. The maximum Gasteiger partial charge on any atom is 0.237 e. The van der Waals surface area contributed by atoms with Crippen LogP contribution < -0.4 is 11.1 Å². The monoisotopic (exact) mass is 275 g/mol. The van der Waals surface area contributed by atoms with Crippen LogP contribution in [0.2, 0.25) is 0 Å². The van der Waals surface area contributed by atoms with E-state index in [4.69, 9.17) is 5.73 Å². The van der Waals surface area contributed by atoms with Gasteiger partial charge < -0.3 is 11.1 Å². The van der Waals surface area contributed by atoms with E-state index in [0.717, 1.165) is 15.4 Å². The summed E-state index contributed by atoms with van der Waals surface area (Å²) in [7, 11) is 0. The molecule has 3 N–H and O–H groups in total. The van der Waals surface area contributed by atoms with Crippen molar-refractivity contribution in [2.45, 2.75) is 25.9 Å². The molecule has 0 radical (unpaired) electrons. The van der Waals surface area contributed by atoms with E-state index < -0.39 is 6.04 Å². The summed E-state index contributed by atoms with van der Waals surface area (Å²) in [5.41, 5.74) is 6.95. The quantitative estimate of drug-likeness (QED) is 0.871. The lowest BCUT2D eigenvalue weighted by atomic mass is 10.1. The van der Waals surface area contributed by atoms with Crippen molar-refractivity contribution in [1.29, 1.82) is 0 Å². The molecule has 5 heteroatoms. The summed E-state index contributed by atoms with van der Waals surface area (Å²) in [5.74, 6) is -0.142. The van der Waals surface area contributed by atoms with Gasteiger partial charge in [0.1, 0.15) is 5.01 Å². The molecule has 4 nitrogen and oxygen atoms in total. The Labute approximate surface area is 116 Å². The largest absolute Gasteiger partial charge is 0.348 e. The maximum absolute atomic E-state index is 11.9. The van der Waals surface area contributed by atoms with Crippen LogP contribution >= 0.6 is 11.3 Å². The molecule has 0 saturated heterocycles. The fraction of sp³-hybridized carbons (Fsp3) is 0.286. The Hall–Kier alpha value is -1.72. The molecule has 0 bridgehead atoms. The molecule has 0 aliphatic heterocycles. The van der Waals surface area contributed by atoms with E-state index in [1.807, 2.05) is 37.3 Å². The lowest BCUT2D eigenvalue weighted by molar-refractivity contribution is -0.122. The van der Waals surface area contributed by atoms with Gasteiger partial charge in [0.15, 0.2) is 0 Å². The van der Waals surface area contributed by atoms with Gasteiger partial charge in [-0.3, -0.25) is 4.79 Å². The predicted molar refractivity (Wildman–Crippen MR) is 76.8 cm³/mol. The number of hydrogen-bond donors (Lipinski definition) is 2. The molecular weight excluding hydrogens is 258 g/mol. The summed E-state index contributed by atoms with van der Waals surface area (Å²) >= 11 is 1.58. The second kappa shape index (κ2) is 6.45. The van der Waals surface area contributed by atoms with Gasteiger partial charge in [-0.05, 0) is 18.9 Å². The molecule has 0 aliphatic carbocycles. The molecular formula is C14H17N3OS. The number of aryl methyl sites for hydroxylation is 1. The van der Waals surface area contributed by atoms with Crippen molar-refractivity contribution < 1.29 is 4.79 Å². The van der Waals surface area contributed by atoms with Gasteiger partial charge in [0.05, 0.1) is 12.6 Å². The SMILES string of the molecule is Cc1cnc(CNC(=O)C(N)Cc2ccccc2)s1. The van der Waals surface area contributed by atoms with Crippen LogP contribution in [-0.4, -0.2) is 16.9 Å². The molecule has 0 aliphatic rings. The molecule has 1 heterocycles. The molecule has 2 aromatic rings. The highest BCUT2D eigenvalue weighted by Crippen LogP contribution is 2.10. The molecule has 1 aromatic heterocycles. The third-order valence-corrected chi connectivity index (χ3v) is 3.63. The van der Waals surface area contributed by atoms with Crippen molar-refractivity contribution in [2.24, 2.45) is 5.73 Å². The van der Waals surface area contributed by atoms with E-state index in [1.165, 1.54) is 0 Å². The first-order valence-electron chi connectivity index (χ1n) is 6.13. The van der Waals surface area contributed by atoms with Gasteiger partial charge in [-0.25, -0.2) is 4.98 Å². The number of carbonyl (C=O) groups excluding carboxylic acids is 1. The summed E-state index contributed by atoms with van der Waals surface area (Å²) in [6.45, 7) is 2.43. The third-order valence-electron chi connectivity index (χ3n) is 2.72. The van der Waals surface area contributed by atoms with E-state index in [9.17, 15) is 4.79 Å². The molecule has 0 saturated carbocycles. The fourth-order valence-corrected chi connectivity index (χ4v) is 2.46. The third kappa shape index (κ3) is 4.15. The van der Waals surface area contributed by atoms with Crippen molar-refractivity contribution >= 4 is 17.2 Å². The first-order chi connectivity index (χ1) is 9.15. The highest BCUT2D eigenvalue weighted by Gasteiger charge is 2.14. The number of nitrogens with zero attached hydrogens (tertiary/aromatic N) is 1. The molecule has 0 spiro atoms. The van der Waals surface area contributed by atoms with Crippen LogP contribution in [0.1, 0.15) is 15.4 Å². The van der Waals surface area contributed by atoms with Crippen molar-refractivity contribution in [3.63, 3.8) is 0 Å². The molecule has 100 valence electrons. The first kappa shape index (κ1) is 13.7. The van der Waals surface area contributed by atoms with Gasteiger partial charge in [-0.15, -0.1) is 11.3 Å². The Bertz CT molecular complexity index is 539. The van der Waals surface area contributed by atoms with E-state index >= 15 is 0 Å². The molecule has 1 unspecified atom stereocenters. The number of amides is 1. The average molecular weight is 275 g/mol. The van der Waals surface area contributed by atoms with Gasteiger partial charge in [-0.2, -0.15) is 0 Å². The van der Waals surface area contributed by atoms with Gasteiger partial charge in [0, 0.05) is 11.1 Å². The topological polar surface area (TPSA) is 68.0 Å². The van der Waals surface area contributed by atoms with Gasteiger partial charge in [-0.1, -0.05) is 30.3 Å². The van der Waals surface area contributed by atoms with Crippen molar-refractivity contribution in [2.75, 3.05) is 0 Å². The van der Waals surface area contributed by atoms with Gasteiger partial charge in [0.25, 0.3) is 0 Å². The summed E-state index contributed by atoms with van der Waals surface area (Å²) in [6, 6.07) is 9.24. The second-order valence-electron chi connectivity index (χ2n) is 4.38. The zero-order chi connectivity index (χ0) is 13.7. The van der Waals surface area contributed by atoms with Crippen molar-refractivity contribution in [3.05, 3.63) is 52.0 Å². The average Bonchev–Trinajstić information content (AvgIpc) is 2.83. The van der Waals surface area contributed by atoms with Crippen molar-refractivity contribution in [1.82, 2.24) is 10.3 Å². The normalized spacial score (nSPS) is 12.1. The molecule has 19 heavy (non-hydrogen) atoms. The molecule has 1 atom stereocenters. The van der Waals surface area contributed by atoms with Crippen LogP contribution in [-0.2, 0) is 17.8 Å². The zero-order valence-corrected chi connectivity index (χ0v) is 11.6. The number of nitrogens with two attached hydrogens (primary N) is 1. The summed E-state index contributed by atoms with van der Waals surface area (Å²) in [5, 5.41) is 3.72. The molecule has 2 rings (SSSR count). The van der Waals surface area contributed by atoms with Gasteiger partial charge in [0.2, 0.25) is 5.91 Å². The fourth-order valence-electron chi connectivity index (χ4n) is 1.74. The van der Waals surface area contributed by atoms with Crippen molar-refractivity contribution in [3.8, 4) is 0 Å². The minimum atomic E-state index is -0.525. The minimum Gasteiger partial charge on any atom is -0.348 e. The van der Waals surface area contributed by atoms with Gasteiger partial charge >= 0.3 is 0 Å². The number of thiazole rings is 1. The van der Waals surface area contributed by atoms with E-state index in [1.54, 1.807) is 17.5 Å². The molecule has 1 aromatic carbocycles. The standard InChI is InChI=1S/C14H17N3OS/c1-10-8-16-13(19-10)9-17-14(18)12(15)7-11-5-3-2-4-6-11/h2-6,8,12H,7,9,15H2,1H3,(H,17,18). The summed E-state index contributed by atoms with van der Waals surface area (Å²) in [4.78, 5) is 17.2. The van der Waals surface area contributed by atoms with Crippen LogP contribution in [0.4, 0.5) is 0 Å². The Morgan fingerprint density at radius 1 is 1.42 bits per heavy atom. The number of rotatable bonds is 5. The Morgan fingerprint density at radius 3 is 2.79 bits per heavy atom. The molecule has 0 fully saturated rings. The smallest absolute Gasteiger partial charge is 0.237 e. The Morgan fingerprint density at radius 2 is 2.16 bits per heavy atom. The number of hydrogen-bond acceptors (Lipinski definition) is 4. The number of nitrogens with one attached hydrogen (secondary N) is 1. The van der Waals surface area contributed by atoms with Crippen LogP contribution in [0.3, 0.4) is 0 Å². The highest BCUT2D eigenvalue weighted by atomic mass is 32.1. The van der Waals surface area contributed by atoms with Crippen LogP contribution in [0, 0.1) is 6.92 Å². The first-order valence-corrected chi connectivity index (χ1v) is 6.95. The predicted octanol–water partition coefficient (Wildman–Crippen LogP) is 1.64. The number of carbonyl (C=O) groups is 1. The van der Waals surface area contributed by atoms with E-state index in [-0.39, 0.29) is 5.91 Å². The second-order valence-corrected chi connectivity index (χ2v) is 5.70. The minimum absolute atomic E-state index is 0.142. The zero-order valence-electron chi connectivity index (χ0n) is 10.8. The van der Waals surface area contributed by atoms with Crippen LogP contribution in [0.25, 0.3) is 0 Å². The highest BCUT2D eigenvalue weighted by molar-refractivity contribution is 7.11. The Balaban J connectivity index is 1.82. The van der Waals surface area contributed by atoms with E-state index in [0.29, 0.717) is 13.0 Å². The lowest BCUT2D eigenvalue weighted by Gasteiger charge is -2.11. The summed E-state index contributed by atoms with van der Waals surface area (Å²) < 4.78 is 0. The molecule has 1 amide bonds. The Kier molecular flexibility index (Phi) is 4.65.